The Morgan fingerprint density at radius 2 is 1.89 bits per heavy atom. The maximum Gasteiger partial charge on any atom is 0.313 e. The van der Waals surface area contributed by atoms with Crippen LogP contribution in [0.1, 0.15) is 25.3 Å². The normalized spacial score (nSPS) is 20.5. The van der Waals surface area contributed by atoms with E-state index in [1.165, 1.54) is 25.0 Å². The van der Waals surface area contributed by atoms with E-state index in [1.54, 1.807) is 23.1 Å². The van der Waals surface area contributed by atoms with Gasteiger partial charge in [0, 0.05) is 50.2 Å². The number of nitrogens with zero attached hydrogens (tertiary/aromatic N) is 3. The molecule has 0 aromatic heterocycles. The molecule has 0 aliphatic carbocycles. The number of ether oxygens (including phenoxy) is 2. The summed E-state index contributed by atoms with van der Waals surface area (Å²) in [6.07, 6.45) is 2.29. The number of methoxy groups -OCH3 is 1. The molecule has 1 aromatic rings. The van der Waals surface area contributed by atoms with Crippen molar-refractivity contribution in [1.82, 2.24) is 14.1 Å². The molecular formula is C23H28ClN3O7S. The molecule has 1 aromatic carbocycles. The third kappa shape index (κ3) is 5.03. The predicted molar refractivity (Wildman–Crippen MR) is 128 cm³/mol. The predicted octanol–water partition coefficient (Wildman–Crippen LogP) is 1.35. The molecule has 10 nitrogen and oxygen atoms in total. The first kappa shape index (κ1) is 25.5. The molecule has 2 fully saturated rings. The van der Waals surface area contributed by atoms with Crippen LogP contribution in [0.25, 0.3) is 6.08 Å². The van der Waals surface area contributed by atoms with Gasteiger partial charge in [0.15, 0.2) is 0 Å². The fourth-order valence-electron chi connectivity index (χ4n) is 4.75. The molecule has 0 atom stereocenters. The van der Waals surface area contributed by atoms with Crippen molar-refractivity contribution in [3.05, 3.63) is 33.7 Å². The molecule has 35 heavy (non-hydrogen) atoms. The van der Waals surface area contributed by atoms with E-state index in [0.29, 0.717) is 42.3 Å². The number of piperidine rings is 1. The molecule has 3 heterocycles. The van der Waals surface area contributed by atoms with Crippen LogP contribution < -0.4 is 4.74 Å². The van der Waals surface area contributed by atoms with Crippen LogP contribution in [0.3, 0.4) is 0 Å². The topological polar surface area (TPSA) is 114 Å². The number of benzene rings is 1. The summed E-state index contributed by atoms with van der Waals surface area (Å²) in [7, 11) is -2.62. The monoisotopic (exact) mass is 525 g/mol. The maximum absolute atomic E-state index is 13.2. The number of fused-ring (bicyclic) bond motifs is 1. The summed E-state index contributed by atoms with van der Waals surface area (Å²) in [5, 5.41) is 0.488. The molecule has 2 saturated heterocycles. The third-order valence-corrected chi connectivity index (χ3v) is 9.02. The van der Waals surface area contributed by atoms with Crippen molar-refractivity contribution in [1.29, 1.82) is 0 Å². The van der Waals surface area contributed by atoms with E-state index in [2.05, 4.69) is 0 Å². The number of hydrogen-bond acceptors (Lipinski definition) is 7. The number of esters is 1. The Hall–Kier alpha value is -2.63. The van der Waals surface area contributed by atoms with Gasteiger partial charge in [0.05, 0.1) is 24.0 Å². The number of piperazine rings is 1. The van der Waals surface area contributed by atoms with Gasteiger partial charge in [-0.15, -0.1) is 0 Å². The zero-order chi connectivity index (χ0) is 25.4. The van der Waals surface area contributed by atoms with Gasteiger partial charge >= 0.3 is 5.97 Å². The highest BCUT2D eigenvalue weighted by Crippen LogP contribution is 2.35. The SMILES string of the molecule is COC(=O)C1(CN2CCN(S(=O)(=O)C3=Cc4ccc(Cl)cc4OC3)CC2=O)CCN(C(C)=O)CC1. The summed E-state index contributed by atoms with van der Waals surface area (Å²) in [5.41, 5.74) is -0.330. The summed E-state index contributed by atoms with van der Waals surface area (Å²) >= 11 is 5.97. The molecule has 0 bridgehead atoms. The average Bonchev–Trinajstić information content (AvgIpc) is 2.84. The van der Waals surface area contributed by atoms with Crippen molar-refractivity contribution in [2.24, 2.45) is 5.41 Å². The van der Waals surface area contributed by atoms with Gasteiger partial charge in [-0.25, -0.2) is 8.42 Å². The van der Waals surface area contributed by atoms with Crippen LogP contribution in [-0.2, 0) is 29.1 Å². The van der Waals surface area contributed by atoms with Crippen LogP contribution in [0.15, 0.2) is 23.1 Å². The van der Waals surface area contributed by atoms with Crippen molar-refractivity contribution in [2.45, 2.75) is 19.8 Å². The second kappa shape index (κ2) is 9.79. The quantitative estimate of drug-likeness (QED) is 0.533. The zero-order valence-corrected chi connectivity index (χ0v) is 21.2. The Bertz CT molecular complexity index is 1180. The van der Waals surface area contributed by atoms with Crippen molar-refractivity contribution >= 4 is 45.5 Å². The fourth-order valence-corrected chi connectivity index (χ4v) is 6.33. The summed E-state index contributed by atoms with van der Waals surface area (Å²) < 4.78 is 38.3. The largest absolute Gasteiger partial charge is 0.487 e. The second-order valence-corrected chi connectivity index (χ2v) is 11.4. The Morgan fingerprint density at radius 3 is 2.51 bits per heavy atom. The van der Waals surface area contributed by atoms with Crippen molar-refractivity contribution < 1.29 is 32.3 Å². The van der Waals surface area contributed by atoms with Gasteiger partial charge in [0.2, 0.25) is 21.8 Å². The summed E-state index contributed by atoms with van der Waals surface area (Å²) in [6.45, 7) is 2.16. The molecule has 2 amide bonds. The number of halogens is 1. The van der Waals surface area contributed by atoms with Crippen molar-refractivity contribution in [3.8, 4) is 5.75 Å². The number of hydrogen-bond donors (Lipinski definition) is 0. The summed E-state index contributed by atoms with van der Waals surface area (Å²) in [5.74, 6) is -0.375. The van der Waals surface area contributed by atoms with Crippen LogP contribution in [-0.4, -0.2) is 93.3 Å². The van der Waals surface area contributed by atoms with E-state index in [1.807, 2.05) is 0 Å². The first-order valence-electron chi connectivity index (χ1n) is 11.3. The lowest BCUT2D eigenvalue weighted by molar-refractivity contribution is -0.161. The average molecular weight is 526 g/mol. The molecule has 3 aliphatic heterocycles. The van der Waals surface area contributed by atoms with Gasteiger partial charge in [-0.3, -0.25) is 14.4 Å². The van der Waals surface area contributed by atoms with Crippen LogP contribution in [0.4, 0.5) is 0 Å². The first-order chi connectivity index (χ1) is 16.6. The lowest BCUT2D eigenvalue weighted by atomic mass is 9.77. The molecule has 190 valence electrons. The minimum atomic E-state index is -3.93. The van der Waals surface area contributed by atoms with Crippen LogP contribution >= 0.6 is 11.6 Å². The molecule has 4 rings (SSSR count). The van der Waals surface area contributed by atoms with Gasteiger partial charge in [0.25, 0.3) is 0 Å². The Morgan fingerprint density at radius 1 is 1.17 bits per heavy atom. The van der Waals surface area contributed by atoms with Gasteiger partial charge in [0.1, 0.15) is 12.4 Å². The molecular weight excluding hydrogens is 498 g/mol. The number of carbonyl (C=O) groups is 3. The number of sulfonamides is 1. The molecule has 0 radical (unpaired) electrons. The number of rotatable bonds is 5. The second-order valence-electron chi connectivity index (χ2n) is 9.01. The van der Waals surface area contributed by atoms with Gasteiger partial charge in [-0.05, 0) is 37.1 Å². The van der Waals surface area contributed by atoms with Gasteiger partial charge < -0.3 is 19.3 Å². The Balaban J connectivity index is 1.46. The van der Waals surface area contributed by atoms with Crippen LogP contribution in [0, 0.1) is 5.41 Å². The standard InChI is InChI=1S/C23H28ClN3O7S/c1-16(28)25-7-5-23(6-8-25,22(30)33-2)15-26-9-10-27(13-21(26)29)35(31,32)19-11-17-3-4-18(24)12-20(17)34-14-19/h3-4,11-12H,5-10,13-15H2,1-2H3. The third-order valence-electron chi connectivity index (χ3n) is 6.89. The highest BCUT2D eigenvalue weighted by atomic mass is 35.5. The van der Waals surface area contributed by atoms with E-state index in [9.17, 15) is 22.8 Å². The lowest BCUT2D eigenvalue weighted by Crippen LogP contribution is -2.58. The van der Waals surface area contributed by atoms with E-state index in [4.69, 9.17) is 21.1 Å². The van der Waals surface area contributed by atoms with Gasteiger partial charge in [-0.1, -0.05) is 11.6 Å². The van der Waals surface area contributed by atoms with Crippen molar-refractivity contribution in [2.75, 3.05) is 53.0 Å². The number of amides is 2. The summed E-state index contributed by atoms with van der Waals surface area (Å²) in [6, 6.07) is 4.95. The van der Waals surface area contributed by atoms with Crippen LogP contribution in [0.5, 0.6) is 5.75 Å². The van der Waals surface area contributed by atoms with E-state index in [0.717, 1.165) is 4.31 Å². The smallest absolute Gasteiger partial charge is 0.313 e. The van der Waals surface area contributed by atoms with E-state index >= 15 is 0 Å². The molecule has 12 heteroatoms. The molecule has 0 N–H and O–H groups in total. The molecule has 3 aliphatic rings. The Labute approximate surface area is 209 Å². The highest BCUT2D eigenvalue weighted by Gasteiger charge is 2.46. The number of carbonyl (C=O) groups excluding carboxylic acids is 3. The minimum Gasteiger partial charge on any atom is -0.487 e. The molecule has 0 unspecified atom stereocenters. The fraction of sp³-hybridized carbons (Fsp3) is 0.522. The first-order valence-corrected chi connectivity index (χ1v) is 13.1. The zero-order valence-electron chi connectivity index (χ0n) is 19.7. The van der Waals surface area contributed by atoms with Crippen molar-refractivity contribution in [3.63, 3.8) is 0 Å². The van der Waals surface area contributed by atoms with E-state index in [-0.39, 0.29) is 49.5 Å². The highest BCUT2D eigenvalue weighted by molar-refractivity contribution is 7.93. The van der Waals surface area contributed by atoms with E-state index < -0.39 is 21.4 Å². The van der Waals surface area contributed by atoms with Gasteiger partial charge in [-0.2, -0.15) is 4.31 Å². The molecule has 0 spiro atoms. The lowest BCUT2D eigenvalue weighted by Gasteiger charge is -2.43. The maximum atomic E-state index is 13.2. The minimum absolute atomic E-state index is 0.0647. The van der Waals surface area contributed by atoms with Crippen LogP contribution in [0.2, 0.25) is 5.02 Å². The molecule has 0 saturated carbocycles. The Kier molecular flexibility index (Phi) is 7.12. The number of likely N-dealkylation sites (tertiary alicyclic amines) is 1. The summed E-state index contributed by atoms with van der Waals surface area (Å²) in [4.78, 5) is 40.7.